The number of alkyl halides is 3. The predicted molar refractivity (Wildman–Crippen MR) is 147 cm³/mol. The number of anilines is 1. The first kappa shape index (κ1) is 28.2. The number of halogens is 4. The molecule has 0 saturated carbocycles. The Morgan fingerprint density at radius 3 is 2.61 bits per heavy atom. The Kier molecular flexibility index (Phi) is 7.49. The Balaban J connectivity index is 1.55. The van der Waals surface area contributed by atoms with Gasteiger partial charge in [0.15, 0.2) is 5.76 Å². The number of fused-ring (bicyclic) bond motifs is 1. The summed E-state index contributed by atoms with van der Waals surface area (Å²) in [6.07, 6.45) is -3.18. The van der Waals surface area contributed by atoms with Gasteiger partial charge in [-0.15, -0.1) is 11.3 Å². The molecule has 0 saturated heterocycles. The maximum absolute atomic E-state index is 13.8. The summed E-state index contributed by atoms with van der Waals surface area (Å²) in [5.74, 6) is -1.11. The summed E-state index contributed by atoms with van der Waals surface area (Å²) in [6.45, 7) is 3.93. The van der Waals surface area contributed by atoms with Crippen molar-refractivity contribution in [2.45, 2.75) is 33.2 Å². The van der Waals surface area contributed by atoms with Crippen molar-refractivity contribution in [1.29, 1.82) is 0 Å². The number of rotatable bonds is 8. The number of thiophene rings is 1. The monoisotopic (exact) mass is 603 g/mol. The zero-order chi connectivity index (χ0) is 29.5. The fourth-order valence-corrected chi connectivity index (χ4v) is 5.35. The molecule has 212 valence electrons. The van der Waals surface area contributed by atoms with E-state index in [9.17, 15) is 22.8 Å². The van der Waals surface area contributed by atoms with Crippen LogP contribution in [0.3, 0.4) is 0 Å². The second-order valence-electron chi connectivity index (χ2n) is 8.83. The summed E-state index contributed by atoms with van der Waals surface area (Å²) in [4.78, 5) is 29.1. The molecule has 0 radical (unpaired) electrons. The molecule has 2 amide bonds. The molecule has 3 N–H and O–H groups in total. The van der Waals surface area contributed by atoms with Crippen molar-refractivity contribution in [2.24, 2.45) is 5.73 Å². The highest BCUT2D eigenvalue weighted by molar-refractivity contribution is 7.21. The van der Waals surface area contributed by atoms with Gasteiger partial charge < -0.3 is 20.2 Å². The molecule has 0 unspecified atom stereocenters. The zero-order valence-electron chi connectivity index (χ0n) is 21.5. The number of aryl methyl sites for hydroxylation is 2. The van der Waals surface area contributed by atoms with Crippen LogP contribution in [0.25, 0.3) is 21.3 Å². The van der Waals surface area contributed by atoms with Gasteiger partial charge in [0.2, 0.25) is 0 Å². The topological polar surface area (TPSA) is 125 Å². The van der Waals surface area contributed by atoms with Crippen LogP contribution in [-0.2, 0) is 19.3 Å². The minimum absolute atomic E-state index is 0.0279. The standard InChI is InChI=1S/C27H21ClF3N5O4S/c1-3-36-11-16(13(2)35-36)15-10-20(27(29,30)31)33-26-21(15)22(23(41-26)24(32)37)34-25(38)19-9-8-14(40-19)12-39-18-7-5-4-6-17(18)28/h4-11H,3,12H2,1-2H3,(H2,32,37)(H,34,38). The SMILES string of the molecule is CCn1cc(-c2cc(C(F)(F)F)nc3sc(C(N)=O)c(NC(=O)c4ccc(COc5ccccc5Cl)o4)c23)c(C)n1. The number of nitrogens with two attached hydrogens (primary N) is 1. The highest BCUT2D eigenvalue weighted by atomic mass is 35.5. The van der Waals surface area contributed by atoms with E-state index in [4.69, 9.17) is 26.5 Å². The average Bonchev–Trinajstić information content (AvgIpc) is 3.64. The van der Waals surface area contributed by atoms with Crippen molar-refractivity contribution in [3.63, 3.8) is 0 Å². The van der Waals surface area contributed by atoms with E-state index in [1.54, 1.807) is 42.1 Å². The lowest BCUT2D eigenvalue weighted by molar-refractivity contribution is -0.140. The molecule has 4 heterocycles. The number of primary amides is 1. The van der Waals surface area contributed by atoms with Gasteiger partial charge in [-0.05, 0) is 49.7 Å². The predicted octanol–water partition coefficient (Wildman–Crippen LogP) is 6.68. The Bertz CT molecular complexity index is 1790. The minimum atomic E-state index is -4.77. The maximum atomic E-state index is 13.8. The van der Waals surface area contributed by atoms with E-state index < -0.39 is 23.7 Å². The van der Waals surface area contributed by atoms with E-state index in [1.165, 1.54) is 12.1 Å². The second kappa shape index (κ2) is 10.9. The number of hydrogen-bond donors (Lipinski definition) is 2. The Morgan fingerprint density at radius 2 is 1.95 bits per heavy atom. The molecule has 0 aliphatic heterocycles. The first-order chi connectivity index (χ1) is 19.5. The van der Waals surface area contributed by atoms with Crippen molar-refractivity contribution in [1.82, 2.24) is 14.8 Å². The summed E-state index contributed by atoms with van der Waals surface area (Å²) in [6, 6.07) is 10.6. The number of hydrogen-bond acceptors (Lipinski definition) is 7. The van der Waals surface area contributed by atoms with E-state index in [2.05, 4.69) is 15.4 Å². The van der Waals surface area contributed by atoms with Crippen LogP contribution in [-0.4, -0.2) is 26.6 Å². The average molecular weight is 604 g/mol. The smallest absolute Gasteiger partial charge is 0.433 e. The van der Waals surface area contributed by atoms with Gasteiger partial charge in [0, 0.05) is 23.7 Å². The van der Waals surface area contributed by atoms with E-state index in [-0.39, 0.29) is 38.7 Å². The number of nitrogens with zero attached hydrogens (tertiary/aromatic N) is 3. The van der Waals surface area contributed by atoms with Gasteiger partial charge in [-0.2, -0.15) is 18.3 Å². The molecule has 41 heavy (non-hydrogen) atoms. The van der Waals surface area contributed by atoms with Gasteiger partial charge in [0.05, 0.1) is 16.4 Å². The van der Waals surface area contributed by atoms with Crippen molar-refractivity contribution >= 4 is 50.7 Å². The van der Waals surface area contributed by atoms with E-state index in [0.717, 1.165) is 6.07 Å². The lowest BCUT2D eigenvalue weighted by Gasteiger charge is -2.11. The third-order valence-electron chi connectivity index (χ3n) is 6.07. The van der Waals surface area contributed by atoms with Crippen LogP contribution < -0.4 is 15.8 Å². The largest absolute Gasteiger partial charge is 0.484 e. The third kappa shape index (κ3) is 5.63. The number of carbonyl (C=O) groups excluding carboxylic acids is 2. The first-order valence-corrected chi connectivity index (χ1v) is 13.3. The number of furan rings is 1. The zero-order valence-corrected chi connectivity index (χ0v) is 23.1. The molecule has 5 rings (SSSR count). The molecule has 4 aromatic heterocycles. The molecule has 0 aliphatic carbocycles. The Labute approximate surface area is 239 Å². The summed E-state index contributed by atoms with van der Waals surface area (Å²) in [7, 11) is 0. The molecule has 0 fully saturated rings. The summed E-state index contributed by atoms with van der Waals surface area (Å²) in [5.41, 5.74) is 5.26. The van der Waals surface area contributed by atoms with Gasteiger partial charge in [-0.25, -0.2) is 4.98 Å². The Morgan fingerprint density at radius 1 is 1.20 bits per heavy atom. The highest BCUT2D eigenvalue weighted by Gasteiger charge is 2.35. The lowest BCUT2D eigenvalue weighted by Crippen LogP contribution is -2.16. The highest BCUT2D eigenvalue weighted by Crippen LogP contribution is 2.44. The van der Waals surface area contributed by atoms with Gasteiger partial charge in [0.1, 0.15) is 33.5 Å². The van der Waals surface area contributed by atoms with Crippen LogP contribution in [0.5, 0.6) is 5.75 Å². The van der Waals surface area contributed by atoms with E-state index in [0.29, 0.717) is 45.7 Å². The molecule has 1 aromatic carbocycles. The number of aromatic nitrogens is 3. The van der Waals surface area contributed by atoms with E-state index in [1.807, 2.05) is 6.92 Å². The van der Waals surface area contributed by atoms with Crippen LogP contribution in [0.4, 0.5) is 18.9 Å². The van der Waals surface area contributed by atoms with Gasteiger partial charge in [-0.1, -0.05) is 23.7 Å². The minimum Gasteiger partial charge on any atom is -0.484 e. The maximum Gasteiger partial charge on any atom is 0.433 e. The van der Waals surface area contributed by atoms with Gasteiger partial charge >= 0.3 is 6.18 Å². The summed E-state index contributed by atoms with van der Waals surface area (Å²) < 4.78 is 54.2. The molecular weight excluding hydrogens is 583 g/mol. The number of para-hydroxylation sites is 1. The molecule has 0 bridgehead atoms. The fourth-order valence-electron chi connectivity index (χ4n) is 4.16. The summed E-state index contributed by atoms with van der Waals surface area (Å²) in [5, 5.41) is 7.46. The molecule has 0 spiro atoms. The summed E-state index contributed by atoms with van der Waals surface area (Å²) >= 11 is 6.74. The number of nitrogens with one attached hydrogen (secondary N) is 1. The number of benzene rings is 1. The lowest BCUT2D eigenvalue weighted by atomic mass is 10.0. The van der Waals surface area contributed by atoms with Gasteiger partial charge in [0.25, 0.3) is 11.8 Å². The normalized spacial score (nSPS) is 11.7. The van der Waals surface area contributed by atoms with Gasteiger partial charge in [-0.3, -0.25) is 14.3 Å². The number of pyridine rings is 1. The molecule has 0 aliphatic rings. The molecular formula is C27H21ClF3N5O4S. The van der Waals surface area contributed by atoms with Crippen LogP contribution >= 0.6 is 22.9 Å². The van der Waals surface area contributed by atoms with Crippen LogP contribution in [0.2, 0.25) is 5.02 Å². The number of amides is 2. The van der Waals surface area contributed by atoms with Crippen molar-refractivity contribution in [3.05, 3.63) is 81.5 Å². The molecule has 0 atom stereocenters. The second-order valence-corrected chi connectivity index (χ2v) is 10.2. The van der Waals surface area contributed by atoms with Crippen molar-refractivity contribution in [3.8, 4) is 16.9 Å². The number of carbonyl (C=O) groups is 2. The molecule has 14 heteroatoms. The third-order valence-corrected chi connectivity index (χ3v) is 7.48. The van der Waals surface area contributed by atoms with Crippen molar-refractivity contribution < 1.29 is 31.9 Å². The number of ether oxygens (including phenoxy) is 1. The molecule has 5 aromatic rings. The fraction of sp³-hybridized carbons (Fsp3) is 0.185. The first-order valence-electron chi connectivity index (χ1n) is 12.1. The quantitative estimate of drug-likeness (QED) is 0.204. The Hall–Kier alpha value is -4.36. The van der Waals surface area contributed by atoms with E-state index >= 15 is 0 Å². The van der Waals surface area contributed by atoms with Crippen LogP contribution in [0, 0.1) is 6.92 Å². The van der Waals surface area contributed by atoms with Crippen LogP contribution in [0.15, 0.2) is 53.1 Å². The van der Waals surface area contributed by atoms with Crippen LogP contribution in [0.1, 0.15) is 44.3 Å². The van der Waals surface area contributed by atoms with Crippen molar-refractivity contribution in [2.75, 3.05) is 5.32 Å². The molecule has 9 nitrogen and oxygen atoms in total.